The predicted octanol–water partition coefficient (Wildman–Crippen LogP) is 4.96. The Morgan fingerprint density at radius 1 is 0.933 bits per heavy atom. The quantitative estimate of drug-likeness (QED) is 0.276. The number of non-ortho nitro benzene ring substituents is 1. The molecule has 0 saturated carbocycles. The van der Waals surface area contributed by atoms with E-state index in [2.05, 4.69) is 9.97 Å². The van der Waals surface area contributed by atoms with Gasteiger partial charge in [0.25, 0.3) is 5.69 Å². The molecule has 0 bridgehead atoms. The molecule has 0 saturated heterocycles. The summed E-state index contributed by atoms with van der Waals surface area (Å²) in [4.78, 5) is 29.0. The minimum atomic E-state index is -0.543. The highest BCUT2D eigenvalue weighted by Crippen LogP contribution is 2.31. The van der Waals surface area contributed by atoms with Crippen molar-refractivity contribution < 1.29 is 14.6 Å². The van der Waals surface area contributed by atoms with Gasteiger partial charge in [-0.1, -0.05) is 36.4 Å². The standard InChI is InChI=1S/C21H14N4O5/c26-24(27)15-7-5-6-14(12-15)13-20(21-22-16-8-1-2-9-17(16)23-21)30-19-11-4-3-10-18(19)25(28)29/h1-13H,(H,22,23)/b20-13+. The number of benzene rings is 3. The highest BCUT2D eigenvalue weighted by Gasteiger charge is 2.18. The second kappa shape index (κ2) is 7.84. The van der Waals surface area contributed by atoms with Crippen LogP contribution >= 0.6 is 0 Å². The van der Waals surface area contributed by atoms with E-state index in [0.717, 1.165) is 5.52 Å². The van der Waals surface area contributed by atoms with Crippen LogP contribution in [0.5, 0.6) is 5.75 Å². The fraction of sp³-hybridized carbons (Fsp3) is 0. The minimum absolute atomic E-state index is 0.0274. The molecule has 0 spiro atoms. The van der Waals surface area contributed by atoms with E-state index >= 15 is 0 Å². The molecule has 0 aliphatic heterocycles. The van der Waals surface area contributed by atoms with Crippen molar-refractivity contribution in [1.29, 1.82) is 0 Å². The number of H-pyrrole nitrogens is 1. The van der Waals surface area contributed by atoms with Crippen LogP contribution in [0.1, 0.15) is 11.4 Å². The van der Waals surface area contributed by atoms with Crippen LogP contribution < -0.4 is 4.74 Å². The molecule has 0 aliphatic rings. The summed E-state index contributed by atoms with van der Waals surface area (Å²) in [7, 11) is 0. The Morgan fingerprint density at radius 2 is 1.70 bits per heavy atom. The molecule has 1 heterocycles. The van der Waals surface area contributed by atoms with Crippen molar-refractivity contribution in [3.05, 3.63) is 104 Å². The molecular formula is C21H14N4O5. The van der Waals surface area contributed by atoms with Gasteiger partial charge in [0.15, 0.2) is 11.6 Å². The summed E-state index contributed by atoms with van der Waals surface area (Å²) in [5, 5.41) is 22.5. The van der Waals surface area contributed by atoms with Crippen molar-refractivity contribution in [2.24, 2.45) is 0 Å². The van der Waals surface area contributed by atoms with Crippen LogP contribution in [-0.4, -0.2) is 19.8 Å². The third-order valence-electron chi connectivity index (χ3n) is 4.28. The van der Waals surface area contributed by atoms with Gasteiger partial charge in [0, 0.05) is 18.2 Å². The van der Waals surface area contributed by atoms with Crippen molar-refractivity contribution in [1.82, 2.24) is 9.97 Å². The lowest BCUT2D eigenvalue weighted by Gasteiger charge is -2.09. The van der Waals surface area contributed by atoms with Gasteiger partial charge in [-0.2, -0.15) is 0 Å². The molecule has 0 fully saturated rings. The minimum Gasteiger partial charge on any atom is -0.446 e. The monoisotopic (exact) mass is 402 g/mol. The second-order valence-corrected chi connectivity index (χ2v) is 6.29. The van der Waals surface area contributed by atoms with Crippen LogP contribution in [-0.2, 0) is 0 Å². The summed E-state index contributed by atoms with van der Waals surface area (Å²) in [5.74, 6) is 0.543. The number of rotatable bonds is 6. The van der Waals surface area contributed by atoms with E-state index < -0.39 is 9.85 Å². The molecule has 0 atom stereocenters. The first-order chi connectivity index (χ1) is 14.5. The zero-order valence-electron chi connectivity index (χ0n) is 15.4. The summed E-state index contributed by atoms with van der Waals surface area (Å²) < 4.78 is 5.88. The van der Waals surface area contributed by atoms with E-state index in [9.17, 15) is 20.2 Å². The zero-order valence-corrected chi connectivity index (χ0v) is 15.4. The van der Waals surface area contributed by atoms with Crippen molar-refractivity contribution in [2.75, 3.05) is 0 Å². The van der Waals surface area contributed by atoms with Gasteiger partial charge in [-0.25, -0.2) is 4.98 Å². The lowest BCUT2D eigenvalue weighted by Crippen LogP contribution is -2.00. The molecule has 0 radical (unpaired) electrons. The number of fused-ring (bicyclic) bond motifs is 1. The summed E-state index contributed by atoms with van der Waals surface area (Å²) in [6, 6.07) is 19.3. The van der Waals surface area contributed by atoms with E-state index in [1.807, 2.05) is 24.3 Å². The summed E-state index contributed by atoms with van der Waals surface area (Å²) in [6.45, 7) is 0. The Balaban J connectivity index is 1.84. The predicted molar refractivity (Wildman–Crippen MR) is 111 cm³/mol. The van der Waals surface area contributed by atoms with Gasteiger partial charge in [0.05, 0.1) is 20.9 Å². The van der Waals surface area contributed by atoms with Crippen LogP contribution in [0.3, 0.4) is 0 Å². The molecule has 0 aliphatic carbocycles. The maximum absolute atomic E-state index is 11.4. The maximum Gasteiger partial charge on any atom is 0.311 e. The molecule has 4 rings (SSSR count). The fourth-order valence-electron chi connectivity index (χ4n) is 2.91. The molecule has 0 unspecified atom stereocenters. The largest absolute Gasteiger partial charge is 0.446 e. The maximum atomic E-state index is 11.4. The second-order valence-electron chi connectivity index (χ2n) is 6.29. The van der Waals surface area contributed by atoms with Crippen LogP contribution in [0.15, 0.2) is 72.8 Å². The van der Waals surface area contributed by atoms with E-state index in [-0.39, 0.29) is 22.9 Å². The third kappa shape index (κ3) is 3.85. The lowest BCUT2D eigenvalue weighted by molar-refractivity contribution is -0.385. The molecule has 30 heavy (non-hydrogen) atoms. The van der Waals surface area contributed by atoms with E-state index in [4.69, 9.17) is 4.74 Å². The number of nitrogens with one attached hydrogen (secondary N) is 1. The zero-order chi connectivity index (χ0) is 21.1. The highest BCUT2D eigenvalue weighted by atomic mass is 16.6. The lowest BCUT2D eigenvalue weighted by atomic mass is 10.1. The van der Waals surface area contributed by atoms with Crippen molar-refractivity contribution in [3.63, 3.8) is 0 Å². The van der Waals surface area contributed by atoms with Crippen LogP contribution in [0, 0.1) is 20.2 Å². The summed E-state index contributed by atoms with van der Waals surface area (Å²) in [6.07, 6.45) is 1.54. The average molecular weight is 402 g/mol. The number of hydrogen-bond donors (Lipinski definition) is 1. The van der Waals surface area contributed by atoms with Crippen LogP contribution in [0.2, 0.25) is 0 Å². The number of para-hydroxylation sites is 4. The number of aromatic nitrogens is 2. The average Bonchev–Trinajstić information content (AvgIpc) is 3.18. The normalized spacial score (nSPS) is 11.4. The summed E-state index contributed by atoms with van der Waals surface area (Å²) in [5.41, 5.74) is 1.63. The van der Waals surface area contributed by atoms with E-state index in [1.165, 1.54) is 30.3 Å². The SMILES string of the molecule is O=[N+]([O-])c1cccc(/C=C(/Oc2ccccc2[N+](=O)[O-])c2nc3ccccc3[nH]2)c1. The van der Waals surface area contributed by atoms with Gasteiger partial charge in [-0.3, -0.25) is 20.2 Å². The Hall–Kier alpha value is -4.53. The summed E-state index contributed by atoms with van der Waals surface area (Å²) >= 11 is 0. The van der Waals surface area contributed by atoms with Crippen molar-refractivity contribution >= 4 is 34.2 Å². The third-order valence-corrected chi connectivity index (χ3v) is 4.28. The van der Waals surface area contributed by atoms with E-state index in [0.29, 0.717) is 16.9 Å². The number of nitro benzene ring substituents is 2. The number of nitrogens with zero attached hydrogens (tertiary/aromatic N) is 3. The van der Waals surface area contributed by atoms with Gasteiger partial charge >= 0.3 is 5.69 Å². The van der Waals surface area contributed by atoms with E-state index in [1.54, 1.807) is 24.3 Å². The highest BCUT2D eigenvalue weighted by molar-refractivity contribution is 5.83. The Kier molecular flexibility index (Phi) is 4.92. The number of ether oxygens (including phenoxy) is 1. The van der Waals surface area contributed by atoms with Crippen molar-refractivity contribution in [2.45, 2.75) is 0 Å². The molecule has 9 heteroatoms. The van der Waals surface area contributed by atoms with Crippen molar-refractivity contribution in [3.8, 4) is 5.75 Å². The molecule has 4 aromatic rings. The first-order valence-electron chi connectivity index (χ1n) is 8.84. The van der Waals surface area contributed by atoms with Gasteiger partial charge in [0.1, 0.15) is 0 Å². The smallest absolute Gasteiger partial charge is 0.311 e. The Morgan fingerprint density at radius 3 is 2.47 bits per heavy atom. The molecule has 1 aromatic heterocycles. The van der Waals surface area contributed by atoms with Gasteiger partial charge < -0.3 is 9.72 Å². The molecule has 0 amide bonds. The number of hydrogen-bond acceptors (Lipinski definition) is 6. The molecular weight excluding hydrogens is 388 g/mol. The van der Waals surface area contributed by atoms with Gasteiger partial charge in [0.2, 0.25) is 5.75 Å². The van der Waals surface area contributed by atoms with Gasteiger partial charge in [-0.15, -0.1) is 0 Å². The molecule has 1 N–H and O–H groups in total. The number of imidazole rings is 1. The first kappa shape index (κ1) is 18.8. The molecule has 3 aromatic carbocycles. The number of aromatic amines is 1. The molecule has 148 valence electrons. The molecule has 9 nitrogen and oxygen atoms in total. The topological polar surface area (TPSA) is 124 Å². The fourth-order valence-corrected chi connectivity index (χ4v) is 2.91. The first-order valence-corrected chi connectivity index (χ1v) is 8.84. The van der Waals surface area contributed by atoms with Crippen LogP contribution in [0.25, 0.3) is 22.9 Å². The number of nitro groups is 2. The van der Waals surface area contributed by atoms with Gasteiger partial charge in [-0.05, 0) is 29.8 Å². The Bertz CT molecular complexity index is 1260. The Labute approximate surface area is 169 Å². The van der Waals surface area contributed by atoms with Crippen LogP contribution in [0.4, 0.5) is 11.4 Å².